The quantitative estimate of drug-likeness (QED) is 0.620. The van der Waals surface area contributed by atoms with E-state index in [1.807, 2.05) is 30.4 Å². The van der Waals surface area contributed by atoms with E-state index < -0.39 is 0 Å². The molecule has 2 aromatic heterocycles. The summed E-state index contributed by atoms with van der Waals surface area (Å²) in [5.41, 5.74) is 2.17. The summed E-state index contributed by atoms with van der Waals surface area (Å²) in [6.45, 7) is 5.01. The van der Waals surface area contributed by atoms with E-state index in [-0.39, 0.29) is 5.38 Å². The van der Waals surface area contributed by atoms with Crippen molar-refractivity contribution in [2.75, 3.05) is 0 Å². The molecule has 0 spiro atoms. The second-order valence-corrected chi connectivity index (χ2v) is 6.79. The number of para-hydroxylation sites is 2. The van der Waals surface area contributed by atoms with Crippen LogP contribution in [0.25, 0.3) is 11.0 Å². The highest BCUT2D eigenvalue weighted by molar-refractivity contribution is 7.11. The molecule has 1 atom stereocenters. The maximum atomic E-state index is 6.30. The zero-order valence-corrected chi connectivity index (χ0v) is 13.2. The molecule has 0 aliphatic heterocycles. The van der Waals surface area contributed by atoms with Crippen molar-refractivity contribution in [3.05, 3.63) is 52.0 Å². The van der Waals surface area contributed by atoms with E-state index in [4.69, 9.17) is 11.6 Å². The molecule has 2 heterocycles. The lowest BCUT2D eigenvalue weighted by Crippen LogP contribution is -2.04. The Morgan fingerprint density at radius 3 is 2.65 bits per heavy atom. The molecule has 2 nitrogen and oxygen atoms in total. The molecule has 3 rings (SSSR count). The van der Waals surface area contributed by atoms with Gasteiger partial charge in [-0.2, -0.15) is 0 Å². The fourth-order valence-electron chi connectivity index (χ4n) is 2.42. The van der Waals surface area contributed by atoms with Crippen LogP contribution < -0.4 is 0 Å². The van der Waals surface area contributed by atoms with Gasteiger partial charge >= 0.3 is 0 Å². The Kier molecular flexibility index (Phi) is 3.81. The van der Waals surface area contributed by atoms with E-state index in [0.29, 0.717) is 0 Å². The first kappa shape index (κ1) is 13.7. The summed E-state index contributed by atoms with van der Waals surface area (Å²) in [5, 5.41) is -0.0898. The normalized spacial score (nSPS) is 12.9. The van der Waals surface area contributed by atoms with E-state index in [1.165, 1.54) is 9.75 Å². The zero-order valence-electron chi connectivity index (χ0n) is 11.6. The molecule has 20 heavy (non-hydrogen) atoms. The average molecular weight is 305 g/mol. The van der Waals surface area contributed by atoms with Crippen LogP contribution in [0.15, 0.2) is 36.4 Å². The summed E-state index contributed by atoms with van der Waals surface area (Å²) >= 11 is 8.17. The maximum absolute atomic E-state index is 6.30. The molecule has 0 N–H and O–H groups in total. The van der Waals surface area contributed by atoms with Gasteiger partial charge in [0.25, 0.3) is 0 Å². The van der Waals surface area contributed by atoms with E-state index >= 15 is 0 Å². The van der Waals surface area contributed by atoms with Crippen molar-refractivity contribution in [3.63, 3.8) is 0 Å². The zero-order chi connectivity index (χ0) is 14.1. The largest absolute Gasteiger partial charge is 0.321 e. The second-order valence-electron chi connectivity index (χ2n) is 4.88. The lowest BCUT2D eigenvalue weighted by atomic mass is 10.3. The highest BCUT2D eigenvalue weighted by atomic mass is 35.5. The van der Waals surface area contributed by atoms with Gasteiger partial charge < -0.3 is 4.57 Å². The summed E-state index contributed by atoms with van der Waals surface area (Å²) in [5.74, 6) is 0.944. The molecule has 0 fully saturated rings. The van der Waals surface area contributed by atoms with Gasteiger partial charge in [0.2, 0.25) is 0 Å². The summed E-state index contributed by atoms with van der Waals surface area (Å²) in [4.78, 5) is 7.44. The number of nitrogens with zero attached hydrogens (tertiary/aromatic N) is 2. The van der Waals surface area contributed by atoms with Gasteiger partial charge in [0.1, 0.15) is 5.82 Å². The SMILES string of the molecule is CCc1ccc(Cn2c(C(C)Cl)nc3ccccc32)s1. The maximum Gasteiger partial charge on any atom is 0.128 e. The third-order valence-corrected chi connectivity index (χ3v) is 4.83. The molecule has 0 amide bonds. The Labute approximate surface area is 128 Å². The lowest BCUT2D eigenvalue weighted by Gasteiger charge is -2.09. The minimum atomic E-state index is -0.0898. The van der Waals surface area contributed by atoms with Crippen molar-refractivity contribution in [1.82, 2.24) is 9.55 Å². The number of hydrogen-bond acceptors (Lipinski definition) is 2. The fraction of sp³-hybridized carbons (Fsp3) is 0.312. The van der Waals surface area contributed by atoms with Crippen LogP contribution in [0.1, 0.15) is 34.8 Å². The van der Waals surface area contributed by atoms with Gasteiger partial charge in [-0.25, -0.2) is 4.98 Å². The van der Waals surface area contributed by atoms with Crippen LogP contribution in [0.3, 0.4) is 0 Å². The van der Waals surface area contributed by atoms with E-state index in [0.717, 1.165) is 29.8 Å². The molecule has 0 radical (unpaired) electrons. The molecular weight excluding hydrogens is 288 g/mol. The third-order valence-electron chi connectivity index (χ3n) is 3.42. The first-order valence-electron chi connectivity index (χ1n) is 6.86. The number of benzene rings is 1. The molecular formula is C16H17ClN2S. The number of aromatic nitrogens is 2. The molecule has 104 valence electrons. The number of hydrogen-bond donors (Lipinski definition) is 0. The van der Waals surface area contributed by atoms with Crippen molar-refractivity contribution in [2.45, 2.75) is 32.2 Å². The van der Waals surface area contributed by atoms with Crippen LogP contribution in [-0.4, -0.2) is 9.55 Å². The molecule has 4 heteroatoms. The minimum absolute atomic E-state index is 0.0898. The average Bonchev–Trinajstić information content (AvgIpc) is 3.04. The summed E-state index contributed by atoms with van der Waals surface area (Å²) in [6.07, 6.45) is 1.09. The molecule has 0 bridgehead atoms. The standard InChI is InChI=1S/C16H17ClN2S/c1-3-12-8-9-13(20-12)10-19-15-7-5-4-6-14(15)18-16(19)11(2)17/h4-9,11H,3,10H2,1-2H3. The van der Waals surface area contributed by atoms with Gasteiger partial charge in [-0.3, -0.25) is 0 Å². The van der Waals surface area contributed by atoms with E-state index in [1.54, 1.807) is 0 Å². The van der Waals surface area contributed by atoms with Crippen LogP contribution in [0, 0.1) is 0 Å². The Morgan fingerprint density at radius 2 is 1.95 bits per heavy atom. The predicted molar refractivity (Wildman–Crippen MR) is 86.8 cm³/mol. The van der Waals surface area contributed by atoms with Gasteiger partial charge in [-0.15, -0.1) is 22.9 Å². The number of fused-ring (bicyclic) bond motifs is 1. The summed E-state index contributed by atoms with van der Waals surface area (Å²) < 4.78 is 2.23. The molecule has 0 aliphatic rings. The smallest absolute Gasteiger partial charge is 0.128 e. The van der Waals surface area contributed by atoms with Crippen LogP contribution in [0.4, 0.5) is 0 Å². The number of alkyl halides is 1. The monoisotopic (exact) mass is 304 g/mol. The number of rotatable bonds is 4. The van der Waals surface area contributed by atoms with Crippen LogP contribution >= 0.6 is 22.9 Å². The summed E-state index contributed by atoms with van der Waals surface area (Å²) in [6, 6.07) is 12.6. The Hall–Kier alpha value is -1.32. The Bertz CT molecular complexity index is 727. The first-order chi connectivity index (χ1) is 9.69. The van der Waals surface area contributed by atoms with Gasteiger partial charge in [0.15, 0.2) is 0 Å². The third kappa shape index (κ3) is 2.48. The van der Waals surface area contributed by atoms with Crippen LogP contribution in [0.5, 0.6) is 0 Å². The van der Waals surface area contributed by atoms with E-state index in [2.05, 4.69) is 40.7 Å². The van der Waals surface area contributed by atoms with Crippen molar-refractivity contribution in [1.29, 1.82) is 0 Å². The Balaban J connectivity index is 2.06. The van der Waals surface area contributed by atoms with Gasteiger partial charge in [-0.1, -0.05) is 19.1 Å². The van der Waals surface area contributed by atoms with Gasteiger partial charge in [0.05, 0.1) is 23.0 Å². The predicted octanol–water partition coefficient (Wildman–Crippen LogP) is 5.01. The topological polar surface area (TPSA) is 17.8 Å². The number of aryl methyl sites for hydroxylation is 1. The highest BCUT2D eigenvalue weighted by Gasteiger charge is 2.15. The van der Waals surface area contributed by atoms with Crippen LogP contribution in [0.2, 0.25) is 0 Å². The highest BCUT2D eigenvalue weighted by Crippen LogP contribution is 2.27. The molecule has 0 saturated carbocycles. The Morgan fingerprint density at radius 1 is 1.20 bits per heavy atom. The fourth-order valence-corrected chi connectivity index (χ4v) is 3.53. The van der Waals surface area contributed by atoms with Crippen molar-refractivity contribution >= 4 is 34.0 Å². The first-order valence-corrected chi connectivity index (χ1v) is 8.11. The molecule has 0 saturated heterocycles. The van der Waals surface area contributed by atoms with Crippen molar-refractivity contribution in [3.8, 4) is 0 Å². The number of imidazole rings is 1. The lowest BCUT2D eigenvalue weighted by molar-refractivity contribution is 0.750. The molecule has 0 aliphatic carbocycles. The molecule has 3 aromatic rings. The minimum Gasteiger partial charge on any atom is -0.321 e. The van der Waals surface area contributed by atoms with Gasteiger partial charge in [0, 0.05) is 9.75 Å². The van der Waals surface area contributed by atoms with Gasteiger partial charge in [-0.05, 0) is 37.6 Å². The molecule has 1 aromatic carbocycles. The number of thiophene rings is 1. The second kappa shape index (κ2) is 5.58. The van der Waals surface area contributed by atoms with Crippen LogP contribution in [-0.2, 0) is 13.0 Å². The van der Waals surface area contributed by atoms with E-state index in [9.17, 15) is 0 Å². The summed E-state index contributed by atoms with van der Waals surface area (Å²) in [7, 11) is 0. The molecule has 1 unspecified atom stereocenters. The van der Waals surface area contributed by atoms with Crippen molar-refractivity contribution in [2.24, 2.45) is 0 Å². The number of halogens is 1. The van der Waals surface area contributed by atoms with Crippen molar-refractivity contribution < 1.29 is 0 Å².